The second kappa shape index (κ2) is 5.07. The molecule has 1 unspecified atom stereocenters. The number of rotatable bonds is 3. The van der Waals surface area contributed by atoms with E-state index in [4.69, 9.17) is 16.7 Å². The van der Waals surface area contributed by atoms with Gasteiger partial charge in [-0.25, -0.2) is 13.6 Å². The minimum atomic E-state index is -3.58. The number of anilines is 1. The number of aromatic nitrogens is 1. The molecule has 0 radical (unpaired) electrons. The summed E-state index contributed by atoms with van der Waals surface area (Å²) in [5, 5.41) is 5.44. The number of pyridine rings is 1. The fourth-order valence-corrected chi connectivity index (χ4v) is 3.26. The zero-order valence-electron chi connectivity index (χ0n) is 10.3. The second-order valence-electron chi connectivity index (χ2n) is 4.66. The highest BCUT2D eigenvalue weighted by molar-refractivity contribution is 7.89. The average molecular weight is 304 g/mol. The number of carbonyl (C=O) groups excluding carboxylic acids is 1. The predicted octanol–water partition coefficient (Wildman–Crippen LogP) is 0.685. The zero-order chi connectivity index (χ0) is 14.2. The van der Waals surface area contributed by atoms with Crippen molar-refractivity contribution in [3.63, 3.8) is 0 Å². The molecule has 0 bridgehead atoms. The van der Waals surface area contributed by atoms with Gasteiger partial charge in [0.2, 0.25) is 15.9 Å². The Bertz CT molecular complexity index is 618. The first-order chi connectivity index (χ1) is 8.76. The van der Waals surface area contributed by atoms with Crippen LogP contribution in [0.25, 0.3) is 0 Å². The van der Waals surface area contributed by atoms with Crippen molar-refractivity contribution < 1.29 is 13.2 Å². The highest BCUT2D eigenvalue weighted by atomic mass is 35.5. The number of carbonyl (C=O) groups is 1. The van der Waals surface area contributed by atoms with E-state index in [1.807, 2.05) is 0 Å². The van der Waals surface area contributed by atoms with Crippen LogP contribution in [-0.4, -0.2) is 31.6 Å². The number of hydrogen-bond donors (Lipinski definition) is 1. The number of halogens is 1. The predicted molar refractivity (Wildman–Crippen MR) is 72.4 cm³/mol. The Hall–Kier alpha value is -1.18. The highest BCUT2D eigenvalue weighted by Crippen LogP contribution is 2.29. The summed E-state index contributed by atoms with van der Waals surface area (Å²) in [4.78, 5) is 17.6. The van der Waals surface area contributed by atoms with Crippen molar-refractivity contribution in [1.82, 2.24) is 4.98 Å². The van der Waals surface area contributed by atoms with E-state index in [9.17, 15) is 13.2 Å². The minimum Gasteiger partial charge on any atom is -0.310 e. The monoisotopic (exact) mass is 303 g/mol. The lowest BCUT2D eigenvalue weighted by molar-refractivity contribution is -0.117. The molecule has 1 fully saturated rings. The van der Waals surface area contributed by atoms with Crippen molar-refractivity contribution in [2.75, 3.05) is 17.2 Å². The van der Waals surface area contributed by atoms with E-state index in [1.165, 1.54) is 11.1 Å². The van der Waals surface area contributed by atoms with Crippen molar-refractivity contribution in [3.8, 4) is 0 Å². The van der Waals surface area contributed by atoms with E-state index >= 15 is 0 Å². The Morgan fingerprint density at radius 1 is 1.58 bits per heavy atom. The Morgan fingerprint density at radius 3 is 2.89 bits per heavy atom. The van der Waals surface area contributed by atoms with Gasteiger partial charge in [0.15, 0.2) is 0 Å². The number of hydrogen-bond acceptors (Lipinski definition) is 4. The number of nitrogens with zero attached hydrogens (tertiary/aromatic N) is 2. The molecule has 6 nitrogen and oxygen atoms in total. The maximum atomic E-state index is 12.0. The van der Waals surface area contributed by atoms with Crippen LogP contribution in [-0.2, 0) is 14.8 Å². The van der Waals surface area contributed by atoms with E-state index in [0.717, 1.165) is 0 Å². The third-order valence-electron chi connectivity index (χ3n) is 2.99. The lowest BCUT2D eigenvalue weighted by atomic mass is 10.1. The van der Waals surface area contributed by atoms with Crippen LogP contribution in [0.4, 0.5) is 5.69 Å². The average Bonchev–Trinajstić information content (AvgIpc) is 2.60. The van der Waals surface area contributed by atoms with Crippen LogP contribution in [0.1, 0.15) is 12.1 Å². The zero-order valence-corrected chi connectivity index (χ0v) is 11.9. The third-order valence-corrected chi connectivity index (χ3v) is 4.13. The minimum absolute atomic E-state index is 0.138. The van der Waals surface area contributed by atoms with Crippen LogP contribution >= 0.6 is 11.6 Å². The molecule has 0 spiro atoms. The quantitative estimate of drug-likeness (QED) is 0.888. The molecule has 2 heterocycles. The summed E-state index contributed by atoms with van der Waals surface area (Å²) in [6.45, 7) is 2.09. The Balaban J connectivity index is 2.23. The normalized spacial score (nSPS) is 20.1. The Morgan fingerprint density at radius 2 is 2.26 bits per heavy atom. The topological polar surface area (TPSA) is 93.4 Å². The van der Waals surface area contributed by atoms with Crippen molar-refractivity contribution in [2.24, 2.45) is 11.1 Å². The van der Waals surface area contributed by atoms with Gasteiger partial charge in [0, 0.05) is 25.1 Å². The fraction of sp³-hybridized carbons (Fsp3) is 0.455. The molecular formula is C11H14ClN3O3S. The molecule has 104 valence electrons. The lowest BCUT2D eigenvalue weighted by Crippen LogP contribution is -2.28. The van der Waals surface area contributed by atoms with Crippen LogP contribution < -0.4 is 10.0 Å². The van der Waals surface area contributed by atoms with Gasteiger partial charge in [-0.1, -0.05) is 11.6 Å². The van der Waals surface area contributed by atoms with Crippen LogP contribution in [0, 0.1) is 12.8 Å². The largest absolute Gasteiger partial charge is 0.310 e. The molecule has 8 heteroatoms. The van der Waals surface area contributed by atoms with E-state index in [0.29, 0.717) is 22.9 Å². The molecular weight excluding hydrogens is 290 g/mol. The van der Waals surface area contributed by atoms with Gasteiger partial charge in [0.1, 0.15) is 0 Å². The maximum absolute atomic E-state index is 12.0. The summed E-state index contributed by atoms with van der Waals surface area (Å²) in [6, 6.07) is 1.65. The molecule has 1 aromatic rings. The molecule has 2 rings (SSSR count). The van der Waals surface area contributed by atoms with E-state index in [1.54, 1.807) is 13.0 Å². The van der Waals surface area contributed by atoms with Crippen molar-refractivity contribution in [2.45, 2.75) is 13.3 Å². The van der Waals surface area contributed by atoms with E-state index < -0.39 is 10.0 Å². The molecule has 1 aromatic heterocycles. The van der Waals surface area contributed by atoms with Gasteiger partial charge in [-0.15, -0.1) is 0 Å². The second-order valence-corrected chi connectivity index (χ2v) is 6.76. The molecule has 1 aliphatic rings. The lowest BCUT2D eigenvalue weighted by Gasteiger charge is -2.18. The molecule has 0 aromatic carbocycles. The van der Waals surface area contributed by atoms with Gasteiger partial charge in [-0.2, -0.15) is 0 Å². The summed E-state index contributed by atoms with van der Waals surface area (Å²) in [7, 11) is -3.58. The summed E-state index contributed by atoms with van der Waals surface area (Å²) in [5.41, 5.74) is 1.29. The van der Waals surface area contributed by atoms with Crippen LogP contribution in [0.5, 0.6) is 0 Å². The van der Waals surface area contributed by atoms with E-state index in [-0.39, 0.29) is 24.0 Å². The van der Waals surface area contributed by atoms with Crippen LogP contribution in [0.3, 0.4) is 0 Å². The summed E-state index contributed by atoms with van der Waals surface area (Å²) in [6.07, 6.45) is 1.67. The molecule has 19 heavy (non-hydrogen) atoms. The SMILES string of the molecule is Cc1ncc(Cl)cc1N1CC(CS(N)(=O)=O)CC1=O. The first-order valence-corrected chi connectivity index (χ1v) is 7.78. The van der Waals surface area contributed by atoms with Gasteiger partial charge in [0.05, 0.1) is 22.2 Å². The number of aryl methyl sites for hydroxylation is 1. The first kappa shape index (κ1) is 14.2. The smallest absolute Gasteiger partial charge is 0.227 e. The van der Waals surface area contributed by atoms with Crippen molar-refractivity contribution >= 4 is 33.2 Å². The Labute approximate surface area is 116 Å². The Kier molecular flexibility index (Phi) is 3.80. The molecule has 0 saturated carbocycles. The first-order valence-electron chi connectivity index (χ1n) is 5.69. The molecule has 0 aliphatic carbocycles. The summed E-state index contributed by atoms with van der Waals surface area (Å²) < 4.78 is 22.1. The van der Waals surface area contributed by atoms with E-state index in [2.05, 4.69) is 4.98 Å². The fourth-order valence-electron chi connectivity index (χ4n) is 2.22. The van der Waals surface area contributed by atoms with Crippen molar-refractivity contribution in [3.05, 3.63) is 23.0 Å². The summed E-state index contributed by atoms with van der Waals surface area (Å²) >= 11 is 5.87. The number of primary sulfonamides is 1. The number of nitrogens with two attached hydrogens (primary N) is 1. The van der Waals surface area contributed by atoms with Crippen molar-refractivity contribution in [1.29, 1.82) is 0 Å². The highest BCUT2D eigenvalue weighted by Gasteiger charge is 2.33. The van der Waals surface area contributed by atoms with Crippen LogP contribution in [0.2, 0.25) is 5.02 Å². The molecule has 1 aliphatic heterocycles. The molecule has 1 saturated heterocycles. The maximum Gasteiger partial charge on any atom is 0.227 e. The molecule has 1 amide bonds. The van der Waals surface area contributed by atoms with Crippen LogP contribution in [0.15, 0.2) is 12.3 Å². The van der Waals surface area contributed by atoms with Gasteiger partial charge < -0.3 is 4.90 Å². The summed E-state index contributed by atoms with van der Waals surface area (Å²) in [5.74, 6) is -0.621. The van der Waals surface area contributed by atoms with Gasteiger partial charge >= 0.3 is 0 Å². The van der Waals surface area contributed by atoms with Gasteiger partial charge in [0.25, 0.3) is 0 Å². The third kappa shape index (κ3) is 3.43. The number of sulfonamides is 1. The standard InChI is InChI=1S/C11H14ClN3O3S/c1-7-10(3-9(12)4-14-7)15-5-8(2-11(15)16)6-19(13,17)18/h3-4,8H,2,5-6H2,1H3,(H2,13,17,18). The molecule has 2 N–H and O–H groups in total. The number of amides is 1. The van der Waals surface area contributed by atoms with Gasteiger partial charge in [-0.3, -0.25) is 9.78 Å². The molecule has 1 atom stereocenters. The van der Waals surface area contributed by atoms with Gasteiger partial charge in [-0.05, 0) is 13.0 Å².